The van der Waals surface area contributed by atoms with Crippen molar-refractivity contribution < 1.29 is 9.13 Å². The molecule has 1 saturated heterocycles. The summed E-state index contributed by atoms with van der Waals surface area (Å²) in [4.78, 5) is 4.25. The average Bonchev–Trinajstić information content (AvgIpc) is 2.51. The zero-order valence-corrected chi connectivity index (χ0v) is 11.9. The van der Waals surface area contributed by atoms with Crippen LogP contribution >= 0.6 is 0 Å². The van der Waals surface area contributed by atoms with Crippen molar-refractivity contribution in [2.45, 2.75) is 31.8 Å². The normalized spacial score (nSPS) is 18.8. The molecule has 112 valence electrons. The Morgan fingerprint density at radius 1 is 1.43 bits per heavy atom. The van der Waals surface area contributed by atoms with Crippen LogP contribution in [0, 0.1) is 5.82 Å². The number of fused-ring (bicyclic) bond motifs is 1. The van der Waals surface area contributed by atoms with Gasteiger partial charge in [0.2, 0.25) is 0 Å². The number of rotatable bonds is 4. The molecule has 4 nitrogen and oxygen atoms in total. The van der Waals surface area contributed by atoms with Gasteiger partial charge in [0.1, 0.15) is 0 Å². The van der Waals surface area contributed by atoms with Gasteiger partial charge < -0.3 is 15.8 Å². The number of nitrogens with one attached hydrogen (secondary N) is 1. The summed E-state index contributed by atoms with van der Waals surface area (Å²) in [6.45, 7) is 1.50. The van der Waals surface area contributed by atoms with Crippen molar-refractivity contribution in [3.8, 4) is 0 Å². The third-order valence-corrected chi connectivity index (χ3v) is 3.92. The quantitative estimate of drug-likeness (QED) is 0.848. The molecule has 0 amide bonds. The van der Waals surface area contributed by atoms with Crippen molar-refractivity contribution >= 4 is 22.3 Å². The van der Waals surface area contributed by atoms with Gasteiger partial charge in [-0.05, 0) is 43.9 Å². The number of pyridine rings is 1. The van der Waals surface area contributed by atoms with Gasteiger partial charge in [0, 0.05) is 30.4 Å². The zero-order chi connectivity index (χ0) is 14.7. The van der Waals surface area contributed by atoms with Crippen LogP contribution in [0.3, 0.4) is 0 Å². The number of benzene rings is 1. The Bertz CT molecular complexity index is 626. The number of ether oxygens (including phenoxy) is 1. The van der Waals surface area contributed by atoms with Crippen LogP contribution in [-0.4, -0.2) is 24.2 Å². The molecule has 1 aliphatic heterocycles. The lowest BCUT2D eigenvalue weighted by Gasteiger charge is -2.23. The Balaban J connectivity index is 1.74. The number of aromatic nitrogens is 1. The highest BCUT2D eigenvalue weighted by atomic mass is 19.1. The van der Waals surface area contributed by atoms with Crippen LogP contribution in [0.2, 0.25) is 0 Å². The van der Waals surface area contributed by atoms with Crippen LogP contribution in [0.5, 0.6) is 0 Å². The second-order valence-electron chi connectivity index (χ2n) is 5.43. The van der Waals surface area contributed by atoms with E-state index in [1.165, 1.54) is 12.5 Å². The molecule has 0 radical (unpaired) electrons. The van der Waals surface area contributed by atoms with Gasteiger partial charge in [-0.25, -0.2) is 4.39 Å². The topological polar surface area (TPSA) is 60.2 Å². The summed E-state index contributed by atoms with van der Waals surface area (Å²) in [5.41, 5.74) is 7.27. The van der Waals surface area contributed by atoms with E-state index in [-0.39, 0.29) is 11.9 Å². The van der Waals surface area contributed by atoms with Crippen molar-refractivity contribution in [2.75, 3.05) is 24.2 Å². The zero-order valence-electron chi connectivity index (χ0n) is 11.9. The minimum absolute atomic E-state index is 0.280. The molecule has 1 aromatic heterocycles. The number of nitrogen functional groups attached to an aromatic ring is 1. The highest BCUT2D eigenvalue weighted by molar-refractivity contribution is 5.98. The van der Waals surface area contributed by atoms with Crippen LogP contribution < -0.4 is 11.1 Å². The van der Waals surface area contributed by atoms with E-state index < -0.39 is 0 Å². The first-order valence-electron chi connectivity index (χ1n) is 7.44. The average molecular weight is 289 g/mol. The first-order valence-corrected chi connectivity index (χ1v) is 7.44. The van der Waals surface area contributed by atoms with E-state index in [1.807, 2.05) is 6.07 Å². The van der Waals surface area contributed by atoms with Crippen molar-refractivity contribution in [1.82, 2.24) is 4.98 Å². The third-order valence-electron chi connectivity index (χ3n) is 3.92. The molecule has 2 aromatic rings. The molecule has 0 spiro atoms. The SMILES string of the molecule is Nc1cc(F)c(NCCC2CCCCO2)c2ncccc12. The lowest BCUT2D eigenvalue weighted by Crippen LogP contribution is -2.22. The summed E-state index contributed by atoms with van der Waals surface area (Å²) >= 11 is 0. The van der Waals surface area contributed by atoms with E-state index in [4.69, 9.17) is 10.5 Å². The monoisotopic (exact) mass is 289 g/mol. The van der Waals surface area contributed by atoms with E-state index >= 15 is 0 Å². The highest BCUT2D eigenvalue weighted by Crippen LogP contribution is 2.29. The van der Waals surface area contributed by atoms with Crippen LogP contribution in [0.4, 0.5) is 15.8 Å². The van der Waals surface area contributed by atoms with Gasteiger partial charge >= 0.3 is 0 Å². The Morgan fingerprint density at radius 2 is 2.33 bits per heavy atom. The van der Waals surface area contributed by atoms with Gasteiger partial charge in [0.15, 0.2) is 5.82 Å². The first-order chi connectivity index (χ1) is 10.3. The predicted octanol–water partition coefficient (Wildman–Crippen LogP) is 3.33. The Morgan fingerprint density at radius 3 is 3.14 bits per heavy atom. The van der Waals surface area contributed by atoms with Gasteiger partial charge in [-0.3, -0.25) is 4.98 Å². The number of hydrogen-bond acceptors (Lipinski definition) is 4. The molecule has 21 heavy (non-hydrogen) atoms. The molecule has 3 rings (SSSR count). The minimum atomic E-state index is -0.358. The van der Waals surface area contributed by atoms with Crippen LogP contribution in [0.25, 0.3) is 10.9 Å². The number of nitrogens with zero attached hydrogens (tertiary/aromatic N) is 1. The number of halogens is 1. The molecule has 0 bridgehead atoms. The Labute approximate surface area is 123 Å². The van der Waals surface area contributed by atoms with Gasteiger partial charge in [-0.1, -0.05) is 0 Å². The second-order valence-corrected chi connectivity index (χ2v) is 5.43. The van der Waals surface area contributed by atoms with E-state index in [9.17, 15) is 4.39 Å². The second kappa shape index (κ2) is 6.26. The summed E-state index contributed by atoms with van der Waals surface area (Å²) in [7, 11) is 0. The molecule has 2 heterocycles. The molecule has 1 fully saturated rings. The summed E-state index contributed by atoms with van der Waals surface area (Å²) in [5.74, 6) is -0.358. The van der Waals surface area contributed by atoms with Crippen LogP contribution in [0.1, 0.15) is 25.7 Å². The molecule has 1 atom stereocenters. The fraction of sp³-hybridized carbons (Fsp3) is 0.438. The standard InChI is InChI=1S/C16H20FN3O/c17-13-10-14(18)12-5-3-7-19-15(12)16(13)20-8-6-11-4-1-2-9-21-11/h3,5,7,10-11,20H,1-2,4,6,8-9,18H2. The van der Waals surface area contributed by atoms with Gasteiger partial charge in [-0.15, -0.1) is 0 Å². The molecule has 0 aliphatic carbocycles. The fourth-order valence-corrected chi connectivity index (χ4v) is 2.80. The molecular formula is C16H20FN3O. The van der Waals surface area contributed by atoms with Gasteiger partial charge in [-0.2, -0.15) is 0 Å². The lowest BCUT2D eigenvalue weighted by molar-refractivity contribution is 0.0134. The van der Waals surface area contributed by atoms with Crippen molar-refractivity contribution in [1.29, 1.82) is 0 Å². The van der Waals surface area contributed by atoms with Gasteiger partial charge in [0.05, 0.1) is 17.3 Å². The minimum Gasteiger partial charge on any atom is -0.398 e. The van der Waals surface area contributed by atoms with E-state index in [2.05, 4.69) is 10.3 Å². The van der Waals surface area contributed by atoms with E-state index in [1.54, 1.807) is 12.3 Å². The number of anilines is 2. The molecule has 1 aliphatic rings. The van der Waals surface area contributed by atoms with Crippen LogP contribution in [-0.2, 0) is 4.74 Å². The smallest absolute Gasteiger partial charge is 0.150 e. The Hall–Kier alpha value is -1.88. The third kappa shape index (κ3) is 3.08. The van der Waals surface area contributed by atoms with E-state index in [0.717, 1.165) is 31.3 Å². The molecule has 3 N–H and O–H groups in total. The highest BCUT2D eigenvalue weighted by Gasteiger charge is 2.15. The maximum absolute atomic E-state index is 14.1. The number of nitrogens with two attached hydrogens (primary N) is 1. The first kappa shape index (κ1) is 14.1. The fourth-order valence-electron chi connectivity index (χ4n) is 2.80. The lowest BCUT2D eigenvalue weighted by atomic mass is 10.1. The van der Waals surface area contributed by atoms with E-state index in [0.29, 0.717) is 23.4 Å². The maximum atomic E-state index is 14.1. The van der Waals surface area contributed by atoms with Gasteiger partial charge in [0.25, 0.3) is 0 Å². The molecule has 1 unspecified atom stereocenters. The predicted molar refractivity (Wildman–Crippen MR) is 82.8 cm³/mol. The van der Waals surface area contributed by atoms with Crippen molar-refractivity contribution in [2.24, 2.45) is 0 Å². The molecule has 5 heteroatoms. The molecule has 0 saturated carbocycles. The summed E-state index contributed by atoms with van der Waals surface area (Å²) in [6.07, 6.45) is 6.25. The Kier molecular flexibility index (Phi) is 4.20. The summed E-state index contributed by atoms with van der Waals surface area (Å²) < 4.78 is 19.8. The summed E-state index contributed by atoms with van der Waals surface area (Å²) in [6, 6.07) is 5.01. The van der Waals surface area contributed by atoms with Crippen molar-refractivity contribution in [3.05, 3.63) is 30.2 Å². The summed E-state index contributed by atoms with van der Waals surface area (Å²) in [5, 5.41) is 3.93. The van der Waals surface area contributed by atoms with Crippen molar-refractivity contribution in [3.63, 3.8) is 0 Å². The molecule has 1 aromatic carbocycles. The maximum Gasteiger partial charge on any atom is 0.150 e. The number of hydrogen-bond donors (Lipinski definition) is 2. The largest absolute Gasteiger partial charge is 0.398 e. The van der Waals surface area contributed by atoms with Crippen LogP contribution in [0.15, 0.2) is 24.4 Å². The molecular weight excluding hydrogens is 269 g/mol.